The molecule has 2 aromatic rings. The smallest absolute Gasteiger partial charge is 0.402 e. The summed E-state index contributed by atoms with van der Waals surface area (Å²) >= 11 is 0. The molecule has 0 aromatic carbocycles. The Bertz CT molecular complexity index is 657. The van der Waals surface area contributed by atoms with Gasteiger partial charge < -0.3 is 8.92 Å². The van der Waals surface area contributed by atoms with Crippen LogP contribution in [0.5, 0.6) is 5.75 Å². The second kappa shape index (κ2) is 7.32. The number of aromatic nitrogens is 1. The summed E-state index contributed by atoms with van der Waals surface area (Å²) in [6.07, 6.45) is 2.99. The number of phosphoric ester groups is 1. The fourth-order valence-corrected chi connectivity index (χ4v) is 3.53. The maximum Gasteiger partial charge on any atom is 0.530 e. The number of nitrogens with zero attached hydrogens (tertiary/aromatic N) is 1. The quantitative estimate of drug-likeness (QED) is 0.640. The second-order valence-corrected chi connectivity index (χ2v) is 6.67. The molecule has 0 saturated carbocycles. The van der Waals surface area contributed by atoms with Gasteiger partial charge in [0.05, 0.1) is 18.7 Å². The lowest BCUT2D eigenvalue weighted by Gasteiger charge is -2.16. The molecule has 122 valence electrons. The number of rotatable bonds is 8. The summed E-state index contributed by atoms with van der Waals surface area (Å²) in [5.74, 6) is 0.895. The zero-order valence-corrected chi connectivity index (χ0v) is 14.5. The number of fused-ring (bicyclic) bond motifs is 1. The van der Waals surface area contributed by atoms with Crippen molar-refractivity contribution >= 4 is 13.3 Å². The SMILES string of the molecule is CCOP(=O)(OCC)Oc1cc(C(C)CC)n2ccccc12. The van der Waals surface area contributed by atoms with Gasteiger partial charge in [-0.25, -0.2) is 4.57 Å². The summed E-state index contributed by atoms with van der Waals surface area (Å²) < 4.78 is 30.8. The van der Waals surface area contributed by atoms with E-state index in [9.17, 15) is 4.57 Å². The Morgan fingerprint density at radius 1 is 1.18 bits per heavy atom. The number of hydrogen-bond acceptors (Lipinski definition) is 4. The predicted octanol–water partition coefficient (Wildman–Crippen LogP) is 5.01. The molecule has 0 radical (unpaired) electrons. The largest absolute Gasteiger partial charge is 0.530 e. The highest BCUT2D eigenvalue weighted by molar-refractivity contribution is 7.48. The molecule has 0 saturated heterocycles. The Kier molecular flexibility index (Phi) is 5.68. The Hall–Kier alpha value is -1.29. The first-order valence-electron chi connectivity index (χ1n) is 7.73. The third kappa shape index (κ3) is 3.54. The van der Waals surface area contributed by atoms with Crippen LogP contribution in [0.1, 0.15) is 45.7 Å². The number of pyridine rings is 1. The zero-order valence-electron chi connectivity index (χ0n) is 13.6. The zero-order chi connectivity index (χ0) is 16.2. The molecule has 0 bridgehead atoms. The van der Waals surface area contributed by atoms with Crippen LogP contribution in [0.2, 0.25) is 0 Å². The molecule has 0 spiro atoms. The van der Waals surface area contributed by atoms with E-state index in [2.05, 4.69) is 18.2 Å². The van der Waals surface area contributed by atoms with Gasteiger partial charge in [-0.05, 0) is 38.3 Å². The van der Waals surface area contributed by atoms with E-state index in [-0.39, 0.29) is 13.2 Å². The summed E-state index contributed by atoms with van der Waals surface area (Å²) in [6, 6.07) is 7.75. The maximum atomic E-state index is 12.6. The van der Waals surface area contributed by atoms with Crippen LogP contribution in [-0.4, -0.2) is 17.6 Å². The van der Waals surface area contributed by atoms with Gasteiger partial charge in [0.25, 0.3) is 0 Å². The third-order valence-electron chi connectivity index (χ3n) is 3.57. The van der Waals surface area contributed by atoms with E-state index < -0.39 is 7.82 Å². The van der Waals surface area contributed by atoms with Crippen molar-refractivity contribution in [2.45, 2.75) is 40.0 Å². The van der Waals surface area contributed by atoms with Gasteiger partial charge in [0, 0.05) is 18.0 Å². The summed E-state index contributed by atoms with van der Waals surface area (Å²) in [5.41, 5.74) is 1.98. The molecule has 0 amide bonds. The van der Waals surface area contributed by atoms with Crippen LogP contribution in [0.3, 0.4) is 0 Å². The highest BCUT2D eigenvalue weighted by atomic mass is 31.2. The lowest BCUT2D eigenvalue weighted by Crippen LogP contribution is -2.02. The highest BCUT2D eigenvalue weighted by Gasteiger charge is 2.29. The summed E-state index contributed by atoms with van der Waals surface area (Å²) in [7, 11) is -3.58. The summed E-state index contributed by atoms with van der Waals surface area (Å²) in [5, 5.41) is 0. The van der Waals surface area contributed by atoms with Crippen LogP contribution in [0.4, 0.5) is 0 Å². The molecule has 0 fully saturated rings. The summed E-state index contributed by atoms with van der Waals surface area (Å²) in [6.45, 7) is 8.35. The van der Waals surface area contributed by atoms with Crippen molar-refractivity contribution in [3.63, 3.8) is 0 Å². The van der Waals surface area contributed by atoms with Crippen molar-refractivity contribution in [3.05, 3.63) is 36.2 Å². The van der Waals surface area contributed by atoms with Crippen molar-refractivity contribution in [1.82, 2.24) is 4.40 Å². The predicted molar refractivity (Wildman–Crippen MR) is 87.6 cm³/mol. The molecule has 2 rings (SSSR count). The molecule has 2 aromatic heterocycles. The van der Waals surface area contributed by atoms with E-state index in [1.165, 1.54) is 0 Å². The highest BCUT2D eigenvalue weighted by Crippen LogP contribution is 2.51. The first-order chi connectivity index (χ1) is 10.5. The van der Waals surface area contributed by atoms with Crippen molar-refractivity contribution in [1.29, 1.82) is 0 Å². The van der Waals surface area contributed by atoms with Crippen molar-refractivity contribution in [2.75, 3.05) is 13.2 Å². The van der Waals surface area contributed by atoms with Crippen LogP contribution in [0.25, 0.3) is 5.52 Å². The van der Waals surface area contributed by atoms with Crippen LogP contribution in [0.15, 0.2) is 30.5 Å². The van der Waals surface area contributed by atoms with E-state index in [0.717, 1.165) is 17.6 Å². The minimum absolute atomic E-state index is 0.265. The molecule has 2 heterocycles. The molecule has 6 heteroatoms. The Balaban J connectivity index is 2.45. The van der Waals surface area contributed by atoms with Gasteiger partial charge >= 0.3 is 7.82 Å². The molecular weight excluding hydrogens is 301 g/mol. The van der Waals surface area contributed by atoms with E-state index in [0.29, 0.717) is 11.7 Å². The van der Waals surface area contributed by atoms with Gasteiger partial charge in [0.1, 0.15) is 0 Å². The van der Waals surface area contributed by atoms with Gasteiger partial charge in [-0.3, -0.25) is 9.05 Å². The van der Waals surface area contributed by atoms with Crippen LogP contribution < -0.4 is 4.52 Å². The fraction of sp³-hybridized carbons (Fsp3) is 0.500. The van der Waals surface area contributed by atoms with Crippen LogP contribution in [-0.2, 0) is 13.6 Å². The Morgan fingerprint density at radius 2 is 1.86 bits per heavy atom. The molecule has 0 aliphatic carbocycles. The molecule has 1 unspecified atom stereocenters. The molecule has 0 aliphatic rings. The van der Waals surface area contributed by atoms with Crippen LogP contribution in [0, 0.1) is 0 Å². The minimum atomic E-state index is -3.58. The van der Waals surface area contributed by atoms with Gasteiger partial charge in [0.15, 0.2) is 5.75 Å². The average molecular weight is 325 g/mol. The molecular formula is C16H24NO4P. The van der Waals surface area contributed by atoms with Gasteiger partial charge in [-0.15, -0.1) is 0 Å². The van der Waals surface area contributed by atoms with Gasteiger partial charge in [0.2, 0.25) is 0 Å². The maximum absolute atomic E-state index is 12.6. The number of hydrogen-bond donors (Lipinski definition) is 0. The Morgan fingerprint density at radius 3 is 2.45 bits per heavy atom. The van der Waals surface area contributed by atoms with Crippen molar-refractivity contribution in [2.24, 2.45) is 0 Å². The Labute approximate surface area is 131 Å². The minimum Gasteiger partial charge on any atom is -0.402 e. The van der Waals surface area contributed by atoms with Crippen molar-refractivity contribution < 1.29 is 18.1 Å². The first-order valence-corrected chi connectivity index (χ1v) is 9.19. The monoisotopic (exact) mass is 325 g/mol. The van der Waals surface area contributed by atoms with E-state index in [1.807, 2.05) is 30.5 Å². The van der Waals surface area contributed by atoms with Crippen molar-refractivity contribution in [3.8, 4) is 5.75 Å². The molecule has 0 N–H and O–H groups in total. The lowest BCUT2D eigenvalue weighted by molar-refractivity contribution is 0.168. The standard InChI is InChI=1S/C16H24NO4P/c1-5-13(4)15-12-16(14-10-8-9-11-17(14)15)21-22(18,19-6-2)20-7-3/h8-13H,5-7H2,1-4H3. The topological polar surface area (TPSA) is 49.2 Å². The van der Waals surface area contributed by atoms with E-state index >= 15 is 0 Å². The molecule has 0 aliphatic heterocycles. The molecule has 5 nitrogen and oxygen atoms in total. The second-order valence-electron chi connectivity index (χ2n) is 5.07. The molecule has 1 atom stereocenters. The normalized spacial score (nSPS) is 13.5. The fourth-order valence-electron chi connectivity index (χ4n) is 2.34. The van der Waals surface area contributed by atoms with E-state index in [1.54, 1.807) is 13.8 Å². The molecule has 22 heavy (non-hydrogen) atoms. The lowest BCUT2D eigenvalue weighted by atomic mass is 10.1. The van der Waals surface area contributed by atoms with Gasteiger partial charge in [-0.2, -0.15) is 0 Å². The van der Waals surface area contributed by atoms with Crippen LogP contribution >= 0.6 is 7.82 Å². The van der Waals surface area contributed by atoms with Gasteiger partial charge in [-0.1, -0.05) is 19.9 Å². The first kappa shape index (κ1) is 17.1. The summed E-state index contributed by atoms with van der Waals surface area (Å²) in [4.78, 5) is 0. The average Bonchev–Trinajstić information content (AvgIpc) is 2.85. The number of phosphoric acid groups is 1. The van der Waals surface area contributed by atoms with E-state index in [4.69, 9.17) is 13.6 Å². The third-order valence-corrected chi connectivity index (χ3v) is 5.14.